The largest absolute Gasteiger partial charge is 0.348 e. The summed E-state index contributed by atoms with van der Waals surface area (Å²) in [7, 11) is 2.10. The number of hydrogen-bond acceptors (Lipinski definition) is 1. The van der Waals surface area contributed by atoms with Gasteiger partial charge in [0.15, 0.2) is 0 Å². The molecule has 0 spiro atoms. The van der Waals surface area contributed by atoms with Crippen LogP contribution in [0.3, 0.4) is 0 Å². The minimum atomic E-state index is 0.712. The van der Waals surface area contributed by atoms with Gasteiger partial charge in [0.25, 0.3) is 0 Å². The first-order valence-corrected chi connectivity index (χ1v) is 8.65. The number of anilines is 1. The topological polar surface area (TPSA) is 3.24 Å². The summed E-state index contributed by atoms with van der Waals surface area (Å²) in [6.45, 7) is 15.2. The first kappa shape index (κ1) is 18.5. The van der Waals surface area contributed by atoms with Gasteiger partial charge in [0.2, 0.25) is 0 Å². The minimum Gasteiger partial charge on any atom is -0.348 e. The molecule has 1 rings (SSSR count). The second-order valence-corrected chi connectivity index (χ2v) is 6.54. The Morgan fingerprint density at radius 1 is 1.14 bits per heavy atom. The summed E-state index contributed by atoms with van der Waals surface area (Å²) in [5.74, 6) is 0.712. The van der Waals surface area contributed by atoms with E-state index in [0.29, 0.717) is 5.92 Å². The van der Waals surface area contributed by atoms with Gasteiger partial charge >= 0.3 is 0 Å². The summed E-state index contributed by atoms with van der Waals surface area (Å²) in [6, 6.07) is 8.88. The number of nitrogens with zero attached hydrogens (tertiary/aromatic N) is 1. The maximum absolute atomic E-state index is 4.24. The SMILES string of the molecule is C=C(CC(=C)N(C)c1ccc(CCCC)cc1)CC(C)CC. The van der Waals surface area contributed by atoms with Gasteiger partial charge in [0.05, 0.1) is 0 Å². The lowest BCUT2D eigenvalue weighted by Gasteiger charge is -2.23. The maximum Gasteiger partial charge on any atom is 0.0405 e. The summed E-state index contributed by atoms with van der Waals surface area (Å²) >= 11 is 0. The van der Waals surface area contributed by atoms with E-state index in [2.05, 4.69) is 70.1 Å². The van der Waals surface area contributed by atoms with Crippen LogP contribution in [0.5, 0.6) is 0 Å². The van der Waals surface area contributed by atoms with Crippen LogP contribution in [0.25, 0.3) is 0 Å². The quantitative estimate of drug-likeness (QED) is 0.454. The van der Waals surface area contributed by atoms with Crippen LogP contribution >= 0.6 is 0 Å². The van der Waals surface area contributed by atoms with Gasteiger partial charge in [-0.3, -0.25) is 0 Å². The molecule has 1 heteroatoms. The molecule has 0 aromatic heterocycles. The molecule has 1 aromatic carbocycles. The summed E-state index contributed by atoms with van der Waals surface area (Å²) in [5.41, 5.74) is 5.03. The highest BCUT2D eigenvalue weighted by atomic mass is 15.1. The van der Waals surface area contributed by atoms with Crippen molar-refractivity contribution in [3.63, 3.8) is 0 Å². The fourth-order valence-corrected chi connectivity index (χ4v) is 2.57. The fourth-order valence-electron chi connectivity index (χ4n) is 2.57. The van der Waals surface area contributed by atoms with Crippen molar-refractivity contribution in [1.82, 2.24) is 0 Å². The molecule has 0 amide bonds. The van der Waals surface area contributed by atoms with Crippen molar-refractivity contribution >= 4 is 5.69 Å². The predicted octanol–water partition coefficient (Wildman–Crippen LogP) is 6.36. The zero-order valence-electron chi connectivity index (χ0n) is 15.0. The molecule has 1 aromatic rings. The second kappa shape index (κ2) is 9.50. The van der Waals surface area contributed by atoms with E-state index in [0.717, 1.165) is 18.5 Å². The average molecular weight is 300 g/mol. The van der Waals surface area contributed by atoms with Crippen LogP contribution in [0.15, 0.2) is 48.7 Å². The van der Waals surface area contributed by atoms with Gasteiger partial charge in [-0.25, -0.2) is 0 Å². The lowest BCUT2D eigenvalue weighted by molar-refractivity contribution is 0.552. The van der Waals surface area contributed by atoms with E-state index in [1.54, 1.807) is 0 Å². The Kier molecular flexibility index (Phi) is 8.01. The molecule has 0 aliphatic rings. The molecular weight excluding hydrogens is 266 g/mol. The highest BCUT2D eigenvalue weighted by Gasteiger charge is 2.09. The Labute approximate surface area is 137 Å². The summed E-state index contributed by atoms with van der Waals surface area (Å²) in [6.07, 6.45) is 6.87. The van der Waals surface area contributed by atoms with Gasteiger partial charge in [-0.05, 0) is 42.9 Å². The highest BCUT2D eigenvalue weighted by Crippen LogP contribution is 2.24. The van der Waals surface area contributed by atoms with Crippen LogP contribution < -0.4 is 4.90 Å². The van der Waals surface area contributed by atoms with Crippen molar-refractivity contribution in [2.75, 3.05) is 11.9 Å². The van der Waals surface area contributed by atoms with Gasteiger partial charge in [-0.15, -0.1) is 0 Å². The molecule has 0 N–H and O–H groups in total. The Morgan fingerprint density at radius 2 is 1.77 bits per heavy atom. The number of unbranched alkanes of at least 4 members (excludes halogenated alkanes) is 1. The first-order chi connectivity index (χ1) is 10.5. The molecule has 0 fully saturated rings. The Balaban J connectivity index is 2.57. The molecule has 0 aliphatic heterocycles. The molecule has 1 atom stereocenters. The van der Waals surface area contributed by atoms with Gasteiger partial charge < -0.3 is 4.90 Å². The second-order valence-electron chi connectivity index (χ2n) is 6.54. The standard InChI is InChI=1S/C21H33N/c1-7-9-10-20-11-13-21(14-12-20)22(6)19(5)16-18(4)15-17(3)8-2/h11-14,17H,4-5,7-10,15-16H2,1-3,6H3. The van der Waals surface area contributed by atoms with Gasteiger partial charge in [0.1, 0.15) is 0 Å². The highest BCUT2D eigenvalue weighted by molar-refractivity contribution is 5.52. The van der Waals surface area contributed by atoms with Gasteiger partial charge in [0, 0.05) is 24.9 Å². The zero-order valence-corrected chi connectivity index (χ0v) is 15.0. The lowest BCUT2D eigenvalue weighted by Crippen LogP contribution is -2.16. The third-order valence-electron chi connectivity index (χ3n) is 4.41. The number of allylic oxidation sites excluding steroid dienone is 1. The molecular formula is C21H33N. The minimum absolute atomic E-state index is 0.712. The van der Waals surface area contributed by atoms with E-state index in [9.17, 15) is 0 Å². The maximum atomic E-state index is 4.24. The lowest BCUT2D eigenvalue weighted by atomic mass is 9.97. The van der Waals surface area contributed by atoms with Crippen LogP contribution in [0, 0.1) is 5.92 Å². The third kappa shape index (κ3) is 6.09. The molecule has 0 heterocycles. The van der Waals surface area contributed by atoms with E-state index < -0.39 is 0 Å². The normalized spacial score (nSPS) is 12.0. The van der Waals surface area contributed by atoms with Crippen molar-refractivity contribution < 1.29 is 0 Å². The van der Waals surface area contributed by atoms with Gasteiger partial charge in [-0.2, -0.15) is 0 Å². The molecule has 0 aliphatic carbocycles. The molecule has 0 saturated heterocycles. The van der Waals surface area contributed by atoms with E-state index in [-0.39, 0.29) is 0 Å². The summed E-state index contributed by atoms with van der Waals surface area (Å²) in [4.78, 5) is 2.19. The van der Waals surface area contributed by atoms with Crippen molar-refractivity contribution in [2.24, 2.45) is 5.92 Å². The molecule has 122 valence electrons. The third-order valence-corrected chi connectivity index (χ3v) is 4.41. The van der Waals surface area contributed by atoms with Crippen LogP contribution in [-0.4, -0.2) is 7.05 Å². The van der Waals surface area contributed by atoms with Crippen LogP contribution in [0.2, 0.25) is 0 Å². The number of rotatable bonds is 10. The molecule has 22 heavy (non-hydrogen) atoms. The van der Waals surface area contributed by atoms with Crippen molar-refractivity contribution in [1.29, 1.82) is 0 Å². The van der Waals surface area contributed by atoms with Crippen molar-refractivity contribution in [3.8, 4) is 0 Å². The number of aryl methyl sites for hydroxylation is 1. The summed E-state index contributed by atoms with van der Waals surface area (Å²) in [5, 5.41) is 0. The van der Waals surface area contributed by atoms with Crippen molar-refractivity contribution in [2.45, 2.75) is 59.3 Å². The van der Waals surface area contributed by atoms with E-state index in [1.165, 1.54) is 42.5 Å². The van der Waals surface area contributed by atoms with E-state index >= 15 is 0 Å². The molecule has 0 saturated carbocycles. The molecule has 1 nitrogen and oxygen atoms in total. The van der Waals surface area contributed by atoms with Crippen molar-refractivity contribution in [3.05, 3.63) is 54.3 Å². The Morgan fingerprint density at radius 3 is 2.32 bits per heavy atom. The molecule has 1 unspecified atom stereocenters. The first-order valence-electron chi connectivity index (χ1n) is 8.65. The fraction of sp³-hybridized carbons (Fsp3) is 0.524. The monoisotopic (exact) mass is 299 g/mol. The van der Waals surface area contributed by atoms with Crippen LogP contribution in [0.1, 0.15) is 58.4 Å². The average Bonchev–Trinajstić information content (AvgIpc) is 2.52. The van der Waals surface area contributed by atoms with E-state index in [4.69, 9.17) is 0 Å². The summed E-state index contributed by atoms with van der Waals surface area (Å²) < 4.78 is 0. The zero-order chi connectivity index (χ0) is 16.5. The molecule has 0 bridgehead atoms. The van der Waals surface area contributed by atoms with Crippen LogP contribution in [0.4, 0.5) is 5.69 Å². The van der Waals surface area contributed by atoms with E-state index in [1.807, 2.05) is 0 Å². The van der Waals surface area contributed by atoms with Gasteiger partial charge in [-0.1, -0.05) is 64.5 Å². The smallest absolute Gasteiger partial charge is 0.0405 e. The number of hydrogen-bond donors (Lipinski definition) is 0. The predicted molar refractivity (Wildman–Crippen MR) is 100 cm³/mol. The van der Waals surface area contributed by atoms with Crippen LogP contribution in [-0.2, 0) is 6.42 Å². The Bertz CT molecular complexity index is 469. The number of benzene rings is 1. The molecule has 0 radical (unpaired) electrons. The Hall–Kier alpha value is -1.50.